The standard InChI is InChI=1S/C17H25BrFNO/c1-20(2)17(9-5-3-4-6-10-17)16(21)11-13-7-8-14(19)12-15(13)18/h7-8,12,16,21H,3-6,9-11H2,1-2H3. The van der Waals surface area contributed by atoms with Gasteiger partial charge in [0.2, 0.25) is 0 Å². The predicted molar refractivity (Wildman–Crippen MR) is 87.9 cm³/mol. The summed E-state index contributed by atoms with van der Waals surface area (Å²) in [6.07, 6.45) is 7.01. The van der Waals surface area contributed by atoms with Gasteiger partial charge in [-0.2, -0.15) is 0 Å². The highest BCUT2D eigenvalue weighted by atomic mass is 79.9. The number of hydrogen-bond acceptors (Lipinski definition) is 2. The van der Waals surface area contributed by atoms with Crippen LogP contribution >= 0.6 is 15.9 Å². The third kappa shape index (κ3) is 3.85. The molecule has 1 atom stereocenters. The molecular weight excluding hydrogens is 333 g/mol. The minimum absolute atomic E-state index is 0.162. The van der Waals surface area contributed by atoms with Crippen molar-refractivity contribution in [2.24, 2.45) is 0 Å². The van der Waals surface area contributed by atoms with E-state index in [4.69, 9.17) is 0 Å². The Bertz CT molecular complexity index is 470. The summed E-state index contributed by atoms with van der Waals surface area (Å²) < 4.78 is 13.9. The molecule has 0 saturated heterocycles. The van der Waals surface area contributed by atoms with E-state index in [1.165, 1.54) is 37.8 Å². The van der Waals surface area contributed by atoms with Crippen molar-refractivity contribution < 1.29 is 9.50 Å². The molecule has 1 aliphatic carbocycles. The molecule has 0 heterocycles. The second kappa shape index (κ2) is 7.21. The van der Waals surface area contributed by atoms with Crippen LogP contribution in [0.2, 0.25) is 0 Å². The second-order valence-electron chi connectivity index (χ2n) is 6.37. The fraction of sp³-hybridized carbons (Fsp3) is 0.647. The average molecular weight is 358 g/mol. The van der Waals surface area contributed by atoms with E-state index < -0.39 is 6.10 Å². The van der Waals surface area contributed by atoms with E-state index in [0.29, 0.717) is 6.42 Å². The summed E-state index contributed by atoms with van der Waals surface area (Å²) >= 11 is 3.40. The lowest BCUT2D eigenvalue weighted by Gasteiger charge is -2.43. The first-order chi connectivity index (χ1) is 9.95. The van der Waals surface area contributed by atoms with Gasteiger partial charge in [0.05, 0.1) is 6.10 Å². The first-order valence-corrected chi connectivity index (χ1v) is 8.54. The number of aliphatic hydroxyl groups is 1. The van der Waals surface area contributed by atoms with Crippen LogP contribution in [0.4, 0.5) is 4.39 Å². The van der Waals surface area contributed by atoms with Crippen LogP contribution in [0.25, 0.3) is 0 Å². The molecule has 0 amide bonds. The minimum Gasteiger partial charge on any atom is -0.391 e. The lowest BCUT2D eigenvalue weighted by atomic mass is 9.80. The quantitative estimate of drug-likeness (QED) is 0.818. The van der Waals surface area contributed by atoms with Crippen LogP contribution < -0.4 is 0 Å². The highest BCUT2D eigenvalue weighted by molar-refractivity contribution is 9.10. The topological polar surface area (TPSA) is 23.5 Å². The number of benzene rings is 1. The summed E-state index contributed by atoms with van der Waals surface area (Å²) in [5.41, 5.74) is 0.805. The zero-order valence-corrected chi connectivity index (χ0v) is 14.5. The van der Waals surface area contributed by atoms with Crippen molar-refractivity contribution in [2.75, 3.05) is 14.1 Å². The van der Waals surface area contributed by atoms with Crippen LogP contribution in [-0.4, -0.2) is 35.7 Å². The Kier molecular flexibility index (Phi) is 5.81. The third-order valence-electron chi connectivity index (χ3n) is 4.91. The first-order valence-electron chi connectivity index (χ1n) is 7.75. The Morgan fingerprint density at radius 1 is 1.24 bits per heavy atom. The maximum Gasteiger partial charge on any atom is 0.124 e. The molecule has 0 aliphatic heterocycles. The SMILES string of the molecule is CN(C)C1(C(O)Cc2ccc(F)cc2Br)CCCCCC1. The van der Waals surface area contributed by atoms with Crippen molar-refractivity contribution in [2.45, 2.75) is 56.6 Å². The maximum absolute atomic E-state index is 13.2. The molecule has 1 aromatic carbocycles. The molecule has 1 N–H and O–H groups in total. The molecule has 1 aliphatic rings. The van der Waals surface area contributed by atoms with E-state index >= 15 is 0 Å². The Labute approximate surface area is 135 Å². The summed E-state index contributed by atoms with van der Waals surface area (Å²) in [4.78, 5) is 2.19. The molecule has 2 nitrogen and oxygen atoms in total. The molecule has 2 rings (SSSR count). The summed E-state index contributed by atoms with van der Waals surface area (Å²) in [5.74, 6) is -0.253. The van der Waals surface area contributed by atoms with E-state index in [-0.39, 0.29) is 11.4 Å². The number of nitrogens with zero attached hydrogens (tertiary/aromatic N) is 1. The highest BCUT2D eigenvalue weighted by Crippen LogP contribution is 2.36. The molecule has 4 heteroatoms. The number of aliphatic hydroxyl groups excluding tert-OH is 1. The van der Waals surface area contributed by atoms with Gasteiger partial charge in [0.1, 0.15) is 5.82 Å². The van der Waals surface area contributed by atoms with E-state index in [0.717, 1.165) is 22.9 Å². The normalized spacial score (nSPS) is 20.3. The summed E-state index contributed by atoms with van der Waals surface area (Å²) in [6.45, 7) is 0. The Morgan fingerprint density at radius 2 is 1.86 bits per heavy atom. The fourth-order valence-electron chi connectivity index (χ4n) is 3.50. The molecule has 118 valence electrons. The molecule has 0 aromatic heterocycles. The minimum atomic E-state index is -0.438. The summed E-state index contributed by atoms with van der Waals surface area (Å²) in [6, 6.07) is 4.70. The van der Waals surface area contributed by atoms with E-state index in [9.17, 15) is 9.50 Å². The molecule has 1 aromatic rings. The van der Waals surface area contributed by atoms with Crippen LogP contribution in [0.3, 0.4) is 0 Å². The second-order valence-corrected chi connectivity index (χ2v) is 7.22. The zero-order chi connectivity index (χ0) is 15.5. The van der Waals surface area contributed by atoms with Crippen molar-refractivity contribution in [3.05, 3.63) is 34.1 Å². The lowest BCUT2D eigenvalue weighted by Crippen LogP contribution is -2.54. The molecule has 0 bridgehead atoms. The predicted octanol–water partition coefficient (Wildman–Crippen LogP) is 4.15. The van der Waals surface area contributed by atoms with Crippen LogP contribution in [0.5, 0.6) is 0 Å². The Hall–Kier alpha value is -0.450. The number of rotatable bonds is 4. The lowest BCUT2D eigenvalue weighted by molar-refractivity contribution is -0.0175. The molecule has 21 heavy (non-hydrogen) atoms. The third-order valence-corrected chi connectivity index (χ3v) is 5.65. The van der Waals surface area contributed by atoms with E-state index in [2.05, 4.69) is 34.9 Å². The monoisotopic (exact) mass is 357 g/mol. The van der Waals surface area contributed by atoms with Crippen LogP contribution in [0.15, 0.2) is 22.7 Å². The molecule has 0 radical (unpaired) electrons. The molecule has 1 saturated carbocycles. The van der Waals surface area contributed by atoms with Gasteiger partial charge in [-0.3, -0.25) is 0 Å². The molecule has 1 unspecified atom stereocenters. The van der Waals surface area contributed by atoms with E-state index in [1.54, 1.807) is 6.07 Å². The van der Waals surface area contributed by atoms with Gasteiger partial charge in [-0.05, 0) is 44.6 Å². The van der Waals surface area contributed by atoms with Crippen LogP contribution in [0, 0.1) is 5.82 Å². The molecular formula is C17H25BrFNO. The Balaban J connectivity index is 2.20. The number of likely N-dealkylation sites (N-methyl/N-ethyl adjacent to an activating group) is 1. The van der Waals surface area contributed by atoms with Crippen molar-refractivity contribution >= 4 is 15.9 Å². The summed E-state index contributed by atoms with van der Waals surface area (Å²) in [7, 11) is 4.13. The van der Waals surface area contributed by atoms with Crippen LogP contribution in [0.1, 0.15) is 44.1 Å². The van der Waals surface area contributed by atoms with Gasteiger partial charge in [0.25, 0.3) is 0 Å². The van der Waals surface area contributed by atoms with Gasteiger partial charge in [-0.15, -0.1) is 0 Å². The van der Waals surface area contributed by atoms with Gasteiger partial charge in [0.15, 0.2) is 0 Å². The average Bonchev–Trinajstić information content (AvgIpc) is 2.68. The van der Waals surface area contributed by atoms with Crippen molar-refractivity contribution in [3.8, 4) is 0 Å². The smallest absolute Gasteiger partial charge is 0.124 e. The van der Waals surface area contributed by atoms with Crippen molar-refractivity contribution in [1.82, 2.24) is 4.90 Å². The Morgan fingerprint density at radius 3 is 2.38 bits per heavy atom. The largest absolute Gasteiger partial charge is 0.391 e. The fourth-order valence-corrected chi connectivity index (χ4v) is 4.02. The summed E-state index contributed by atoms with van der Waals surface area (Å²) in [5, 5.41) is 10.9. The van der Waals surface area contributed by atoms with Crippen molar-refractivity contribution in [1.29, 1.82) is 0 Å². The first kappa shape index (κ1) is 16.9. The van der Waals surface area contributed by atoms with Crippen molar-refractivity contribution in [3.63, 3.8) is 0 Å². The number of halogens is 2. The van der Waals surface area contributed by atoms with Gasteiger partial charge >= 0.3 is 0 Å². The van der Waals surface area contributed by atoms with E-state index in [1.807, 2.05) is 0 Å². The molecule has 0 spiro atoms. The van der Waals surface area contributed by atoms with Crippen LogP contribution in [-0.2, 0) is 6.42 Å². The maximum atomic E-state index is 13.2. The van der Waals surface area contributed by atoms with Gasteiger partial charge in [0, 0.05) is 16.4 Å². The number of hydrogen-bond donors (Lipinski definition) is 1. The van der Waals surface area contributed by atoms with Gasteiger partial charge in [-0.25, -0.2) is 4.39 Å². The highest BCUT2D eigenvalue weighted by Gasteiger charge is 2.40. The van der Waals surface area contributed by atoms with Gasteiger partial charge < -0.3 is 10.0 Å². The zero-order valence-electron chi connectivity index (χ0n) is 12.9. The molecule has 1 fully saturated rings. The van der Waals surface area contributed by atoms with Gasteiger partial charge in [-0.1, -0.05) is 47.7 Å².